The van der Waals surface area contributed by atoms with Crippen molar-refractivity contribution in [1.29, 1.82) is 0 Å². The number of nitrogens with one attached hydrogen (secondary N) is 1. The summed E-state index contributed by atoms with van der Waals surface area (Å²) >= 11 is 0. The fraction of sp³-hybridized carbons (Fsp3) is 0.400. The molecule has 9 heteroatoms. The van der Waals surface area contributed by atoms with Crippen LogP contribution >= 0.6 is 0 Å². The lowest BCUT2D eigenvalue weighted by molar-refractivity contribution is -0.115. The zero-order chi connectivity index (χ0) is 21.0. The van der Waals surface area contributed by atoms with Gasteiger partial charge in [0.05, 0.1) is 16.8 Å². The molecule has 1 aliphatic heterocycles. The number of aromatic nitrogens is 1. The van der Waals surface area contributed by atoms with E-state index in [0.717, 1.165) is 6.07 Å². The number of amides is 1. The van der Waals surface area contributed by atoms with E-state index in [4.69, 9.17) is 4.74 Å². The Morgan fingerprint density at radius 2 is 2.00 bits per heavy atom. The van der Waals surface area contributed by atoms with E-state index in [0.29, 0.717) is 36.4 Å². The van der Waals surface area contributed by atoms with Gasteiger partial charge >= 0.3 is 0 Å². The van der Waals surface area contributed by atoms with Gasteiger partial charge in [0.15, 0.2) is 0 Å². The third kappa shape index (κ3) is 5.10. The van der Waals surface area contributed by atoms with E-state index in [1.165, 1.54) is 22.6 Å². The molecule has 1 saturated heterocycles. The van der Waals surface area contributed by atoms with E-state index in [2.05, 4.69) is 10.3 Å². The highest BCUT2D eigenvalue weighted by Crippen LogP contribution is 2.24. The molecule has 0 radical (unpaired) electrons. The summed E-state index contributed by atoms with van der Waals surface area (Å²) in [7, 11) is -3.74. The molecule has 0 unspecified atom stereocenters. The number of halogens is 1. The van der Waals surface area contributed by atoms with E-state index < -0.39 is 15.8 Å². The average Bonchev–Trinajstić information content (AvgIpc) is 2.71. The molecule has 7 nitrogen and oxygen atoms in total. The molecule has 0 aliphatic carbocycles. The average molecular weight is 421 g/mol. The number of ether oxygens (including phenoxy) is 1. The lowest BCUT2D eigenvalue weighted by atomic mass is 10.1. The van der Waals surface area contributed by atoms with Crippen molar-refractivity contribution in [3.63, 3.8) is 0 Å². The van der Waals surface area contributed by atoms with E-state index in [1.807, 2.05) is 0 Å². The first-order valence-electron chi connectivity index (χ1n) is 9.48. The van der Waals surface area contributed by atoms with Crippen LogP contribution in [0.3, 0.4) is 0 Å². The van der Waals surface area contributed by atoms with Crippen molar-refractivity contribution >= 4 is 21.6 Å². The molecular weight excluding hydrogens is 397 g/mol. The van der Waals surface area contributed by atoms with Crippen LogP contribution in [0.25, 0.3) is 0 Å². The van der Waals surface area contributed by atoms with Gasteiger partial charge in [-0.25, -0.2) is 17.8 Å². The number of sulfonamides is 1. The van der Waals surface area contributed by atoms with Crippen molar-refractivity contribution in [2.45, 2.75) is 44.1 Å². The van der Waals surface area contributed by atoms with Crippen LogP contribution in [0.5, 0.6) is 5.88 Å². The molecule has 0 bridgehead atoms. The molecule has 29 heavy (non-hydrogen) atoms. The van der Waals surface area contributed by atoms with Crippen molar-refractivity contribution in [3.8, 4) is 5.88 Å². The maximum Gasteiger partial charge on any atom is 0.243 e. The van der Waals surface area contributed by atoms with Gasteiger partial charge < -0.3 is 10.1 Å². The van der Waals surface area contributed by atoms with Crippen molar-refractivity contribution < 1.29 is 22.3 Å². The quantitative estimate of drug-likeness (QED) is 0.774. The summed E-state index contributed by atoms with van der Waals surface area (Å²) in [5.41, 5.74) is 0.999. The first-order chi connectivity index (χ1) is 13.8. The highest BCUT2D eigenvalue weighted by Gasteiger charge is 2.30. The fourth-order valence-electron chi connectivity index (χ4n) is 3.02. The van der Waals surface area contributed by atoms with Crippen molar-refractivity contribution in [2.24, 2.45) is 0 Å². The summed E-state index contributed by atoms with van der Waals surface area (Å²) in [6.07, 6.45) is 2.75. The predicted octanol–water partition coefficient (Wildman–Crippen LogP) is 3.11. The Hall–Kier alpha value is -2.52. The zero-order valence-corrected chi connectivity index (χ0v) is 17.2. The molecular formula is C20H24FN3O4S. The highest BCUT2D eigenvalue weighted by atomic mass is 32.2. The normalized spacial score (nSPS) is 15.8. The minimum Gasteiger partial charge on any atom is -0.474 e. The third-order valence-electron chi connectivity index (χ3n) is 4.81. The lowest BCUT2D eigenvalue weighted by Gasteiger charge is -2.31. The molecule has 3 rings (SSSR count). The maximum absolute atomic E-state index is 13.8. The fourth-order valence-corrected chi connectivity index (χ4v) is 4.50. The number of aryl methyl sites for hydroxylation is 1. The van der Waals surface area contributed by atoms with Gasteiger partial charge in [-0.2, -0.15) is 4.31 Å². The van der Waals surface area contributed by atoms with Crippen LogP contribution in [0.15, 0.2) is 41.4 Å². The Labute approximate surface area is 169 Å². The Morgan fingerprint density at radius 1 is 1.28 bits per heavy atom. The zero-order valence-electron chi connectivity index (χ0n) is 16.4. The number of pyridine rings is 1. The van der Waals surface area contributed by atoms with Gasteiger partial charge in [0.25, 0.3) is 0 Å². The van der Waals surface area contributed by atoms with E-state index >= 15 is 0 Å². The van der Waals surface area contributed by atoms with Gasteiger partial charge in [-0.1, -0.05) is 13.0 Å². The third-order valence-corrected chi connectivity index (χ3v) is 6.71. The summed E-state index contributed by atoms with van der Waals surface area (Å²) in [4.78, 5) is 15.5. The van der Waals surface area contributed by atoms with Crippen LogP contribution in [0.1, 0.15) is 31.7 Å². The number of hydrogen-bond donors (Lipinski definition) is 1. The highest BCUT2D eigenvalue weighted by molar-refractivity contribution is 7.89. The van der Waals surface area contributed by atoms with Crippen LogP contribution in [-0.4, -0.2) is 42.8 Å². The number of anilines is 1. The maximum atomic E-state index is 13.8. The van der Waals surface area contributed by atoms with E-state index in [-0.39, 0.29) is 30.0 Å². The number of hydrogen-bond acceptors (Lipinski definition) is 5. The topological polar surface area (TPSA) is 88.6 Å². The number of rotatable bonds is 6. The molecule has 1 N–H and O–H groups in total. The van der Waals surface area contributed by atoms with Crippen LogP contribution in [0.2, 0.25) is 0 Å². The predicted molar refractivity (Wildman–Crippen MR) is 107 cm³/mol. The second-order valence-corrected chi connectivity index (χ2v) is 8.86. The molecule has 2 aromatic rings. The second kappa shape index (κ2) is 8.87. The molecule has 1 aromatic carbocycles. The molecule has 1 aromatic heterocycles. The Morgan fingerprint density at radius 3 is 2.59 bits per heavy atom. The SMILES string of the molecule is CCC(=O)Nc1ccc(OC2CCN(S(=O)(=O)c3ccc(C)c(F)c3)CC2)nc1. The standard InChI is InChI=1S/C20H24FN3O4S/c1-3-19(25)23-15-5-7-20(22-13-15)28-16-8-10-24(11-9-16)29(26,27)17-6-4-14(2)18(21)12-17/h4-7,12-13,16H,3,8-11H2,1-2H3,(H,23,25). The number of benzene rings is 1. The first kappa shape index (κ1) is 21.2. The summed E-state index contributed by atoms with van der Waals surface area (Å²) in [6.45, 7) is 3.93. The molecule has 156 valence electrons. The molecule has 0 saturated carbocycles. The molecule has 1 aliphatic rings. The molecule has 0 atom stereocenters. The van der Waals surface area contributed by atoms with Gasteiger partial charge in [0, 0.05) is 25.6 Å². The molecule has 1 fully saturated rings. The summed E-state index contributed by atoms with van der Waals surface area (Å²) < 4.78 is 46.4. The number of nitrogens with zero attached hydrogens (tertiary/aromatic N) is 2. The van der Waals surface area contributed by atoms with Crippen LogP contribution in [0.4, 0.5) is 10.1 Å². The van der Waals surface area contributed by atoms with Crippen molar-refractivity contribution in [3.05, 3.63) is 47.9 Å². The number of piperidine rings is 1. The number of carbonyl (C=O) groups excluding carboxylic acids is 1. The Balaban J connectivity index is 1.57. The monoisotopic (exact) mass is 421 g/mol. The number of carbonyl (C=O) groups is 1. The largest absolute Gasteiger partial charge is 0.474 e. The first-order valence-corrected chi connectivity index (χ1v) is 10.9. The minimum atomic E-state index is -3.74. The van der Waals surface area contributed by atoms with Gasteiger partial charge in [0.2, 0.25) is 21.8 Å². The van der Waals surface area contributed by atoms with Crippen molar-refractivity contribution in [1.82, 2.24) is 9.29 Å². The molecule has 1 amide bonds. The van der Waals surface area contributed by atoms with E-state index in [9.17, 15) is 17.6 Å². The van der Waals surface area contributed by atoms with Crippen LogP contribution in [0, 0.1) is 12.7 Å². The van der Waals surface area contributed by atoms with Gasteiger partial charge in [-0.15, -0.1) is 0 Å². The molecule has 2 heterocycles. The smallest absolute Gasteiger partial charge is 0.243 e. The minimum absolute atomic E-state index is 0.0358. The van der Waals surface area contributed by atoms with Crippen LogP contribution < -0.4 is 10.1 Å². The Kier molecular flexibility index (Phi) is 6.49. The lowest BCUT2D eigenvalue weighted by Crippen LogP contribution is -2.41. The van der Waals surface area contributed by atoms with Gasteiger partial charge in [0.1, 0.15) is 11.9 Å². The van der Waals surface area contributed by atoms with E-state index in [1.54, 1.807) is 26.0 Å². The summed E-state index contributed by atoms with van der Waals surface area (Å²) in [6, 6.07) is 7.34. The van der Waals surface area contributed by atoms with Gasteiger partial charge in [-0.3, -0.25) is 4.79 Å². The summed E-state index contributed by atoms with van der Waals surface area (Å²) in [5, 5.41) is 2.71. The van der Waals surface area contributed by atoms with Gasteiger partial charge in [-0.05, 0) is 43.5 Å². The Bertz CT molecular complexity index is 972. The molecule has 0 spiro atoms. The van der Waals surface area contributed by atoms with Crippen molar-refractivity contribution in [2.75, 3.05) is 18.4 Å². The second-order valence-electron chi connectivity index (χ2n) is 6.92. The summed E-state index contributed by atoms with van der Waals surface area (Å²) in [5.74, 6) is -0.210. The van der Waals surface area contributed by atoms with Crippen LogP contribution in [-0.2, 0) is 14.8 Å².